The minimum absolute atomic E-state index is 0.155. The number of hydrogen-bond donors (Lipinski definition) is 1. The Hall–Kier alpha value is -1.04. The van der Waals surface area contributed by atoms with E-state index in [4.69, 9.17) is 0 Å². The normalized spacial score (nSPS) is 26.7. The van der Waals surface area contributed by atoms with Gasteiger partial charge in [0.2, 0.25) is 0 Å². The first kappa shape index (κ1) is 16.3. The molecule has 0 unspecified atom stereocenters. The zero-order valence-electron chi connectivity index (χ0n) is 13.2. The third-order valence-electron chi connectivity index (χ3n) is 4.48. The van der Waals surface area contributed by atoms with Crippen molar-refractivity contribution in [2.45, 2.75) is 52.6 Å². The van der Waals surface area contributed by atoms with Crippen molar-refractivity contribution in [1.29, 1.82) is 0 Å². The van der Waals surface area contributed by atoms with Crippen LogP contribution in [0.15, 0.2) is 12.3 Å². The van der Waals surface area contributed by atoms with Crippen molar-refractivity contribution >= 4 is 15.7 Å². The number of anilines is 1. The van der Waals surface area contributed by atoms with Gasteiger partial charge in [-0.1, -0.05) is 20.8 Å². The van der Waals surface area contributed by atoms with Crippen LogP contribution in [0.1, 0.15) is 40.0 Å². The number of rotatable bonds is 6. The minimum atomic E-state index is -2.93. The Morgan fingerprint density at radius 2 is 2.14 bits per heavy atom. The van der Waals surface area contributed by atoms with E-state index in [1.165, 1.54) is 19.3 Å². The Labute approximate surface area is 128 Å². The molecule has 1 saturated carbocycles. The molecular weight excluding hydrogens is 286 g/mol. The molecule has 0 radical (unpaired) electrons. The Bertz CT molecular complexity index is 553. The summed E-state index contributed by atoms with van der Waals surface area (Å²) in [5, 5.41) is 7.94. The fraction of sp³-hybridized carbons (Fsp3) is 0.800. The lowest BCUT2D eigenvalue weighted by molar-refractivity contribution is 0.276. The highest BCUT2D eigenvalue weighted by Gasteiger charge is 2.25. The fourth-order valence-electron chi connectivity index (χ4n) is 3.01. The van der Waals surface area contributed by atoms with E-state index in [0.29, 0.717) is 18.5 Å². The van der Waals surface area contributed by atoms with Crippen molar-refractivity contribution in [2.75, 3.05) is 16.8 Å². The van der Waals surface area contributed by atoms with Crippen LogP contribution in [0.3, 0.4) is 0 Å². The molecule has 1 heterocycles. The zero-order chi connectivity index (χ0) is 15.5. The molecule has 5 nitrogen and oxygen atoms in total. The van der Waals surface area contributed by atoms with E-state index in [9.17, 15) is 8.42 Å². The molecule has 0 aromatic carbocycles. The molecular formula is C15H27N3O2S. The van der Waals surface area contributed by atoms with Crippen molar-refractivity contribution < 1.29 is 8.42 Å². The summed E-state index contributed by atoms with van der Waals surface area (Å²) in [6.45, 7) is 6.71. The summed E-state index contributed by atoms with van der Waals surface area (Å²) in [7, 11) is -2.93. The van der Waals surface area contributed by atoms with E-state index in [1.807, 2.05) is 12.3 Å². The van der Waals surface area contributed by atoms with Gasteiger partial charge in [0.15, 0.2) is 9.84 Å². The van der Waals surface area contributed by atoms with Crippen molar-refractivity contribution in [2.24, 2.45) is 11.8 Å². The first-order chi connectivity index (χ1) is 9.89. The monoisotopic (exact) mass is 313 g/mol. The van der Waals surface area contributed by atoms with Gasteiger partial charge < -0.3 is 5.32 Å². The highest BCUT2D eigenvalue weighted by molar-refractivity contribution is 7.91. The molecule has 6 heteroatoms. The van der Waals surface area contributed by atoms with Crippen LogP contribution in [0.5, 0.6) is 0 Å². The van der Waals surface area contributed by atoms with Crippen LogP contribution < -0.4 is 5.32 Å². The molecule has 0 saturated heterocycles. The minimum Gasteiger partial charge on any atom is -0.366 e. The second kappa shape index (κ2) is 6.81. The Morgan fingerprint density at radius 3 is 2.81 bits per heavy atom. The summed E-state index contributed by atoms with van der Waals surface area (Å²) in [5.41, 5.74) is 0. The van der Waals surface area contributed by atoms with Gasteiger partial charge in [-0.15, -0.1) is 0 Å². The van der Waals surface area contributed by atoms with Crippen LogP contribution in [-0.4, -0.2) is 35.7 Å². The van der Waals surface area contributed by atoms with E-state index in [1.54, 1.807) is 11.6 Å². The number of aromatic nitrogens is 2. The van der Waals surface area contributed by atoms with E-state index in [0.717, 1.165) is 11.7 Å². The molecule has 0 aliphatic heterocycles. The second-order valence-electron chi connectivity index (χ2n) is 6.35. The first-order valence-electron chi connectivity index (χ1n) is 7.90. The Balaban J connectivity index is 1.88. The topological polar surface area (TPSA) is 64.0 Å². The summed E-state index contributed by atoms with van der Waals surface area (Å²) >= 11 is 0. The van der Waals surface area contributed by atoms with Crippen LogP contribution in [0.25, 0.3) is 0 Å². The summed E-state index contributed by atoms with van der Waals surface area (Å²) < 4.78 is 24.7. The van der Waals surface area contributed by atoms with Gasteiger partial charge in [0, 0.05) is 24.1 Å². The van der Waals surface area contributed by atoms with Gasteiger partial charge in [-0.05, 0) is 31.1 Å². The lowest BCUT2D eigenvalue weighted by atomic mass is 9.80. The van der Waals surface area contributed by atoms with Crippen LogP contribution >= 0.6 is 0 Å². The van der Waals surface area contributed by atoms with Gasteiger partial charge in [-0.3, -0.25) is 4.68 Å². The van der Waals surface area contributed by atoms with Gasteiger partial charge in [-0.2, -0.15) is 5.10 Å². The molecule has 21 heavy (non-hydrogen) atoms. The second-order valence-corrected chi connectivity index (χ2v) is 8.82. The van der Waals surface area contributed by atoms with Crippen LogP contribution in [0, 0.1) is 11.8 Å². The molecule has 1 aromatic rings. The number of hydrogen-bond acceptors (Lipinski definition) is 4. The lowest BCUT2D eigenvalue weighted by Gasteiger charge is -2.33. The van der Waals surface area contributed by atoms with Crippen molar-refractivity contribution in [1.82, 2.24) is 9.78 Å². The number of aryl methyl sites for hydroxylation is 1. The molecule has 1 aliphatic carbocycles. The quantitative estimate of drug-likeness (QED) is 0.876. The van der Waals surface area contributed by atoms with Crippen molar-refractivity contribution in [3.8, 4) is 0 Å². The van der Waals surface area contributed by atoms with Crippen LogP contribution in [0.4, 0.5) is 5.82 Å². The van der Waals surface area contributed by atoms with Gasteiger partial charge >= 0.3 is 0 Å². The van der Waals surface area contributed by atoms with Crippen molar-refractivity contribution in [3.63, 3.8) is 0 Å². The van der Waals surface area contributed by atoms with E-state index < -0.39 is 9.84 Å². The predicted octanol–water partition coefficient (Wildman–Crippen LogP) is 2.55. The average molecular weight is 313 g/mol. The largest absolute Gasteiger partial charge is 0.366 e. The number of nitrogens with one attached hydrogen (secondary N) is 1. The highest BCUT2D eigenvalue weighted by atomic mass is 32.2. The number of nitrogens with zero attached hydrogens (tertiary/aromatic N) is 2. The Kier molecular flexibility index (Phi) is 5.30. The fourth-order valence-corrected chi connectivity index (χ4v) is 3.76. The van der Waals surface area contributed by atoms with Crippen molar-refractivity contribution in [3.05, 3.63) is 12.3 Å². The Morgan fingerprint density at radius 1 is 1.38 bits per heavy atom. The molecule has 0 spiro atoms. The summed E-state index contributed by atoms with van der Waals surface area (Å²) in [4.78, 5) is 0. The molecule has 1 aromatic heterocycles. The number of sulfone groups is 1. The lowest BCUT2D eigenvalue weighted by Crippen LogP contribution is -2.33. The first-order valence-corrected chi connectivity index (χ1v) is 9.72. The molecule has 0 amide bonds. The maximum atomic E-state index is 11.5. The van der Waals surface area contributed by atoms with Gasteiger partial charge in [0.05, 0.1) is 12.3 Å². The van der Waals surface area contributed by atoms with E-state index in [-0.39, 0.29) is 11.5 Å². The molecule has 2 rings (SSSR count). The standard InChI is InChI=1S/C15H27N3O2S/c1-4-21(19,20)10-9-18-8-7-15(17-18)16-14-6-5-12(2)11-13(14)3/h7-8,12-14H,4-6,9-11H2,1-3H3,(H,16,17)/t12-,13+,14+/m0/s1. The summed E-state index contributed by atoms with van der Waals surface area (Å²) in [6.07, 6.45) is 5.55. The SMILES string of the molecule is CCS(=O)(=O)CCn1ccc(N[C@@H]2CC[C@H](C)C[C@H]2C)n1. The van der Waals surface area contributed by atoms with E-state index in [2.05, 4.69) is 24.3 Å². The molecule has 3 atom stereocenters. The van der Waals surface area contributed by atoms with E-state index >= 15 is 0 Å². The molecule has 1 fully saturated rings. The van der Waals surface area contributed by atoms with Gasteiger partial charge in [-0.25, -0.2) is 8.42 Å². The molecule has 1 N–H and O–H groups in total. The summed E-state index contributed by atoms with van der Waals surface area (Å²) in [6, 6.07) is 2.41. The highest BCUT2D eigenvalue weighted by Crippen LogP contribution is 2.30. The third-order valence-corrected chi connectivity index (χ3v) is 6.16. The maximum absolute atomic E-state index is 11.5. The molecule has 0 bridgehead atoms. The van der Waals surface area contributed by atoms with Gasteiger partial charge in [0.25, 0.3) is 0 Å². The van der Waals surface area contributed by atoms with Crippen LogP contribution in [0.2, 0.25) is 0 Å². The molecule has 1 aliphatic rings. The van der Waals surface area contributed by atoms with Gasteiger partial charge in [0.1, 0.15) is 5.82 Å². The zero-order valence-corrected chi connectivity index (χ0v) is 14.1. The average Bonchev–Trinajstić information content (AvgIpc) is 2.88. The molecule has 120 valence electrons. The smallest absolute Gasteiger partial charge is 0.151 e. The third kappa shape index (κ3) is 4.73. The predicted molar refractivity (Wildman–Crippen MR) is 86.1 cm³/mol. The maximum Gasteiger partial charge on any atom is 0.151 e. The van der Waals surface area contributed by atoms with Crippen LogP contribution in [-0.2, 0) is 16.4 Å². The summed E-state index contributed by atoms with van der Waals surface area (Å²) in [5.74, 6) is 2.67.